The summed E-state index contributed by atoms with van der Waals surface area (Å²) in [6.07, 6.45) is 3.79. The van der Waals surface area contributed by atoms with Gasteiger partial charge in [-0.25, -0.2) is 4.39 Å². The van der Waals surface area contributed by atoms with E-state index in [0.717, 1.165) is 30.8 Å². The number of aromatic nitrogens is 2. The third kappa shape index (κ3) is 3.22. The van der Waals surface area contributed by atoms with Crippen LogP contribution in [0.1, 0.15) is 24.4 Å². The maximum atomic E-state index is 13.9. The van der Waals surface area contributed by atoms with Gasteiger partial charge in [0, 0.05) is 25.8 Å². The van der Waals surface area contributed by atoms with E-state index >= 15 is 0 Å². The van der Waals surface area contributed by atoms with Gasteiger partial charge in [-0.05, 0) is 30.5 Å². The number of ether oxygens (including phenoxy) is 2. The molecule has 1 fully saturated rings. The molecule has 1 saturated heterocycles. The summed E-state index contributed by atoms with van der Waals surface area (Å²) in [7, 11) is 1.61. The standard InChI is InChI=1S/C16H20FN3O2/c1-21-7-8-22-14-10-12(9-13(17)11-14)15-3-2-6-20(15)16-4-5-18-19-16/h4-5,9-11,15H,2-3,6-8H2,1H3,(H,18,19)/t15-/m1/s1. The maximum Gasteiger partial charge on any atom is 0.127 e. The molecule has 0 radical (unpaired) electrons. The van der Waals surface area contributed by atoms with Gasteiger partial charge in [0.25, 0.3) is 0 Å². The summed E-state index contributed by atoms with van der Waals surface area (Å²) in [6, 6.07) is 6.99. The second-order valence-electron chi connectivity index (χ2n) is 5.35. The lowest BCUT2D eigenvalue weighted by molar-refractivity contribution is 0.146. The topological polar surface area (TPSA) is 50.4 Å². The Morgan fingerprint density at radius 1 is 1.36 bits per heavy atom. The fourth-order valence-corrected chi connectivity index (χ4v) is 2.91. The van der Waals surface area contributed by atoms with Gasteiger partial charge in [0.2, 0.25) is 0 Å². The highest BCUT2D eigenvalue weighted by Gasteiger charge is 2.27. The lowest BCUT2D eigenvalue weighted by Crippen LogP contribution is -2.23. The predicted octanol–water partition coefficient (Wildman–Crippen LogP) is 2.92. The number of hydrogen-bond donors (Lipinski definition) is 1. The van der Waals surface area contributed by atoms with E-state index in [1.54, 1.807) is 19.4 Å². The number of rotatable bonds is 6. The van der Waals surface area contributed by atoms with E-state index in [-0.39, 0.29) is 11.9 Å². The van der Waals surface area contributed by atoms with Gasteiger partial charge in [0.15, 0.2) is 0 Å². The fraction of sp³-hybridized carbons (Fsp3) is 0.438. The Morgan fingerprint density at radius 2 is 2.27 bits per heavy atom. The van der Waals surface area contributed by atoms with Gasteiger partial charge < -0.3 is 14.4 Å². The molecule has 2 heterocycles. The Morgan fingerprint density at radius 3 is 3.05 bits per heavy atom. The van der Waals surface area contributed by atoms with E-state index in [1.165, 1.54) is 6.07 Å². The van der Waals surface area contributed by atoms with Crippen molar-refractivity contribution in [2.75, 3.05) is 31.8 Å². The number of anilines is 1. The first-order chi connectivity index (χ1) is 10.8. The second kappa shape index (κ2) is 6.79. The third-order valence-corrected chi connectivity index (χ3v) is 3.88. The molecule has 0 spiro atoms. The summed E-state index contributed by atoms with van der Waals surface area (Å²) in [4.78, 5) is 2.22. The molecule has 118 valence electrons. The first-order valence-corrected chi connectivity index (χ1v) is 7.46. The van der Waals surface area contributed by atoms with Crippen LogP contribution in [-0.4, -0.2) is 37.1 Å². The average molecular weight is 305 g/mol. The number of nitrogens with zero attached hydrogens (tertiary/aromatic N) is 2. The molecular weight excluding hydrogens is 285 g/mol. The zero-order valence-electron chi connectivity index (χ0n) is 12.6. The van der Waals surface area contributed by atoms with Crippen LogP contribution in [0.15, 0.2) is 30.5 Å². The second-order valence-corrected chi connectivity index (χ2v) is 5.35. The van der Waals surface area contributed by atoms with Crippen molar-refractivity contribution in [1.29, 1.82) is 0 Å². The molecule has 22 heavy (non-hydrogen) atoms. The van der Waals surface area contributed by atoms with E-state index in [4.69, 9.17) is 9.47 Å². The molecule has 0 saturated carbocycles. The fourth-order valence-electron chi connectivity index (χ4n) is 2.91. The van der Waals surface area contributed by atoms with Crippen molar-refractivity contribution in [1.82, 2.24) is 10.2 Å². The molecule has 3 rings (SSSR count). The van der Waals surface area contributed by atoms with Crippen LogP contribution >= 0.6 is 0 Å². The smallest absolute Gasteiger partial charge is 0.127 e. The highest BCUT2D eigenvalue weighted by Crippen LogP contribution is 2.36. The minimum atomic E-state index is -0.277. The van der Waals surface area contributed by atoms with Crippen molar-refractivity contribution >= 4 is 5.82 Å². The van der Waals surface area contributed by atoms with E-state index < -0.39 is 0 Å². The normalized spacial score (nSPS) is 17.9. The summed E-state index contributed by atoms with van der Waals surface area (Å²) in [5.74, 6) is 1.23. The summed E-state index contributed by atoms with van der Waals surface area (Å²) in [5.41, 5.74) is 0.930. The number of H-pyrrole nitrogens is 1. The molecule has 0 unspecified atom stereocenters. The van der Waals surface area contributed by atoms with Gasteiger partial charge in [-0.2, -0.15) is 5.10 Å². The summed E-state index contributed by atoms with van der Waals surface area (Å²) in [6.45, 7) is 1.83. The van der Waals surface area contributed by atoms with Crippen LogP contribution in [0.5, 0.6) is 5.75 Å². The predicted molar refractivity (Wildman–Crippen MR) is 81.7 cm³/mol. The lowest BCUT2D eigenvalue weighted by atomic mass is 10.0. The van der Waals surface area contributed by atoms with Gasteiger partial charge in [0.05, 0.1) is 18.8 Å². The lowest BCUT2D eigenvalue weighted by Gasteiger charge is -2.25. The average Bonchev–Trinajstić information content (AvgIpc) is 3.18. The molecule has 0 amide bonds. The van der Waals surface area contributed by atoms with Crippen molar-refractivity contribution in [3.05, 3.63) is 41.8 Å². The third-order valence-electron chi connectivity index (χ3n) is 3.88. The first kappa shape index (κ1) is 14.8. The Kier molecular flexibility index (Phi) is 4.58. The van der Waals surface area contributed by atoms with Gasteiger partial charge >= 0.3 is 0 Å². The number of aromatic amines is 1. The minimum absolute atomic E-state index is 0.140. The van der Waals surface area contributed by atoms with Crippen LogP contribution in [0, 0.1) is 5.82 Å². The van der Waals surface area contributed by atoms with Crippen LogP contribution in [0.25, 0.3) is 0 Å². The summed E-state index contributed by atoms with van der Waals surface area (Å²) in [5, 5.41) is 6.98. The van der Waals surface area contributed by atoms with Crippen molar-refractivity contribution < 1.29 is 13.9 Å². The van der Waals surface area contributed by atoms with Crippen molar-refractivity contribution in [3.8, 4) is 5.75 Å². The zero-order chi connectivity index (χ0) is 15.4. The summed E-state index contributed by atoms with van der Waals surface area (Å²) < 4.78 is 24.4. The highest BCUT2D eigenvalue weighted by molar-refractivity contribution is 5.44. The number of methoxy groups -OCH3 is 1. The van der Waals surface area contributed by atoms with Gasteiger partial charge in [0.1, 0.15) is 24.0 Å². The summed E-state index contributed by atoms with van der Waals surface area (Å²) >= 11 is 0. The number of nitrogens with one attached hydrogen (secondary N) is 1. The molecular formula is C16H20FN3O2. The van der Waals surface area contributed by atoms with E-state index in [2.05, 4.69) is 15.1 Å². The van der Waals surface area contributed by atoms with Crippen molar-refractivity contribution in [2.24, 2.45) is 0 Å². The van der Waals surface area contributed by atoms with Crippen molar-refractivity contribution in [2.45, 2.75) is 18.9 Å². The van der Waals surface area contributed by atoms with Crippen LogP contribution in [0.2, 0.25) is 0 Å². The van der Waals surface area contributed by atoms with E-state index in [0.29, 0.717) is 19.0 Å². The zero-order valence-corrected chi connectivity index (χ0v) is 12.6. The molecule has 1 aromatic carbocycles. The Balaban J connectivity index is 1.81. The van der Waals surface area contributed by atoms with Crippen LogP contribution in [-0.2, 0) is 4.74 Å². The van der Waals surface area contributed by atoms with Gasteiger partial charge in [-0.15, -0.1) is 0 Å². The molecule has 1 aromatic heterocycles. The van der Waals surface area contributed by atoms with Crippen LogP contribution in [0.4, 0.5) is 10.2 Å². The van der Waals surface area contributed by atoms with E-state index in [9.17, 15) is 4.39 Å². The Hall–Kier alpha value is -2.08. The van der Waals surface area contributed by atoms with Gasteiger partial charge in [-0.1, -0.05) is 0 Å². The monoisotopic (exact) mass is 305 g/mol. The molecule has 0 aliphatic carbocycles. The molecule has 5 nitrogen and oxygen atoms in total. The SMILES string of the molecule is COCCOc1cc(F)cc([C@H]2CCCN2c2ccn[nH]2)c1. The Bertz CT molecular complexity index is 603. The molecule has 1 aliphatic rings. The minimum Gasteiger partial charge on any atom is -0.491 e. The quantitative estimate of drug-likeness (QED) is 0.834. The Labute approximate surface area is 129 Å². The molecule has 0 bridgehead atoms. The number of halogens is 1. The number of hydrogen-bond acceptors (Lipinski definition) is 4. The van der Waals surface area contributed by atoms with Crippen molar-refractivity contribution in [3.63, 3.8) is 0 Å². The maximum absolute atomic E-state index is 13.9. The van der Waals surface area contributed by atoms with Crippen LogP contribution < -0.4 is 9.64 Å². The first-order valence-electron chi connectivity index (χ1n) is 7.46. The molecule has 6 heteroatoms. The van der Waals surface area contributed by atoms with Crippen LogP contribution in [0.3, 0.4) is 0 Å². The molecule has 1 atom stereocenters. The van der Waals surface area contributed by atoms with Gasteiger partial charge in [-0.3, -0.25) is 5.10 Å². The molecule has 1 aliphatic heterocycles. The number of benzene rings is 1. The van der Waals surface area contributed by atoms with E-state index in [1.807, 2.05) is 12.1 Å². The highest BCUT2D eigenvalue weighted by atomic mass is 19.1. The molecule has 2 aromatic rings. The molecule has 1 N–H and O–H groups in total. The largest absolute Gasteiger partial charge is 0.491 e.